The third kappa shape index (κ3) is 3.00. The lowest BCUT2D eigenvalue weighted by Crippen LogP contribution is -1.91. The minimum Gasteiger partial charge on any atom is -0.207 e. The maximum Gasteiger partial charge on any atom is 0.128 e. The van der Waals surface area contributed by atoms with Crippen molar-refractivity contribution in [3.05, 3.63) is 59.4 Å². The summed E-state index contributed by atoms with van der Waals surface area (Å²) in [5.74, 6) is 0.136. The van der Waals surface area contributed by atoms with Crippen LogP contribution in [0.15, 0.2) is 42.5 Å². The van der Waals surface area contributed by atoms with Gasteiger partial charge in [0.25, 0.3) is 0 Å². The highest BCUT2D eigenvalue weighted by Crippen LogP contribution is 2.25. The van der Waals surface area contributed by atoms with Crippen molar-refractivity contribution in [2.45, 2.75) is 26.2 Å². The second-order valence-electron chi connectivity index (χ2n) is 4.92. The zero-order chi connectivity index (χ0) is 13.8. The molecule has 0 N–H and O–H groups in total. The predicted molar refractivity (Wildman–Crippen MR) is 75.2 cm³/mol. The van der Waals surface area contributed by atoms with Gasteiger partial charge in [-0.05, 0) is 28.7 Å². The first-order valence-corrected chi connectivity index (χ1v) is 6.37. The molecule has 96 valence electrons. The van der Waals surface area contributed by atoms with Crippen LogP contribution < -0.4 is 0 Å². The summed E-state index contributed by atoms with van der Waals surface area (Å²) < 4.78 is 13.8. The molecule has 2 heteroatoms. The highest BCUT2D eigenvalue weighted by molar-refractivity contribution is 5.65. The SMILES string of the molecule is CC(C)c1cccc(-c2ccc(CC#N)c(F)c2)c1. The van der Waals surface area contributed by atoms with Crippen molar-refractivity contribution < 1.29 is 4.39 Å². The lowest BCUT2D eigenvalue weighted by atomic mass is 9.96. The normalized spacial score (nSPS) is 10.5. The van der Waals surface area contributed by atoms with Gasteiger partial charge in [-0.1, -0.05) is 50.2 Å². The van der Waals surface area contributed by atoms with Gasteiger partial charge in [0.05, 0.1) is 12.5 Å². The van der Waals surface area contributed by atoms with Crippen molar-refractivity contribution in [3.63, 3.8) is 0 Å². The molecule has 0 bridgehead atoms. The van der Waals surface area contributed by atoms with Gasteiger partial charge in [-0.2, -0.15) is 5.26 Å². The van der Waals surface area contributed by atoms with Crippen molar-refractivity contribution in [2.24, 2.45) is 0 Å². The Balaban J connectivity index is 2.40. The quantitative estimate of drug-likeness (QED) is 0.779. The molecule has 19 heavy (non-hydrogen) atoms. The number of halogens is 1. The molecule has 2 aromatic rings. The van der Waals surface area contributed by atoms with Crippen LogP contribution in [0.1, 0.15) is 30.9 Å². The fourth-order valence-corrected chi connectivity index (χ4v) is 2.03. The lowest BCUT2D eigenvalue weighted by molar-refractivity contribution is 0.616. The Labute approximate surface area is 113 Å². The van der Waals surface area contributed by atoms with E-state index in [2.05, 4.69) is 26.0 Å². The van der Waals surface area contributed by atoms with E-state index in [0.717, 1.165) is 11.1 Å². The molecular formula is C17H16FN. The summed E-state index contributed by atoms with van der Waals surface area (Å²) in [6.45, 7) is 4.27. The Bertz CT molecular complexity index is 623. The van der Waals surface area contributed by atoms with Gasteiger partial charge in [-0.3, -0.25) is 0 Å². The van der Waals surface area contributed by atoms with Crippen molar-refractivity contribution in [1.29, 1.82) is 5.26 Å². The molecule has 0 aliphatic rings. The molecule has 0 fully saturated rings. The Kier molecular flexibility index (Phi) is 3.97. The van der Waals surface area contributed by atoms with Crippen LogP contribution in [0.4, 0.5) is 4.39 Å². The van der Waals surface area contributed by atoms with E-state index < -0.39 is 0 Å². The van der Waals surface area contributed by atoms with Crippen molar-refractivity contribution in [1.82, 2.24) is 0 Å². The summed E-state index contributed by atoms with van der Waals surface area (Å²) in [4.78, 5) is 0. The molecule has 1 nitrogen and oxygen atoms in total. The van der Waals surface area contributed by atoms with Crippen LogP contribution in [-0.2, 0) is 6.42 Å². The average Bonchev–Trinajstić information content (AvgIpc) is 2.41. The summed E-state index contributed by atoms with van der Waals surface area (Å²) in [7, 11) is 0. The smallest absolute Gasteiger partial charge is 0.128 e. The number of nitriles is 1. The van der Waals surface area contributed by atoms with Gasteiger partial charge in [0.2, 0.25) is 0 Å². The standard InChI is InChI=1S/C17H16FN/c1-12(2)14-4-3-5-15(10-14)16-7-6-13(8-9-19)17(18)11-16/h3-7,10-12H,8H2,1-2H3. The van der Waals surface area contributed by atoms with Gasteiger partial charge in [0, 0.05) is 5.56 Å². The van der Waals surface area contributed by atoms with Crippen LogP contribution in [0.2, 0.25) is 0 Å². The van der Waals surface area contributed by atoms with Gasteiger partial charge in [0.15, 0.2) is 0 Å². The molecule has 0 aliphatic carbocycles. The summed E-state index contributed by atoms with van der Waals surface area (Å²) in [5.41, 5.74) is 3.54. The Morgan fingerprint density at radius 2 is 1.84 bits per heavy atom. The number of hydrogen-bond acceptors (Lipinski definition) is 1. The summed E-state index contributed by atoms with van der Waals surface area (Å²) in [5, 5.41) is 8.61. The van der Waals surface area contributed by atoms with Gasteiger partial charge in [-0.15, -0.1) is 0 Å². The molecule has 2 rings (SSSR count). The fourth-order valence-electron chi connectivity index (χ4n) is 2.03. The summed E-state index contributed by atoms with van der Waals surface area (Å²) >= 11 is 0. The molecule has 2 aromatic carbocycles. The van der Waals surface area contributed by atoms with E-state index in [9.17, 15) is 4.39 Å². The number of benzene rings is 2. The lowest BCUT2D eigenvalue weighted by Gasteiger charge is -2.09. The maximum atomic E-state index is 13.8. The molecular weight excluding hydrogens is 237 g/mol. The third-order valence-corrected chi connectivity index (χ3v) is 3.21. The topological polar surface area (TPSA) is 23.8 Å². The van der Waals surface area contributed by atoms with Crippen LogP contribution >= 0.6 is 0 Å². The Hall–Kier alpha value is -2.14. The average molecular weight is 253 g/mol. The first kappa shape index (κ1) is 13.3. The van der Waals surface area contributed by atoms with Gasteiger partial charge < -0.3 is 0 Å². The number of rotatable bonds is 3. The molecule has 0 radical (unpaired) electrons. The van der Waals surface area contributed by atoms with E-state index in [0.29, 0.717) is 11.5 Å². The van der Waals surface area contributed by atoms with E-state index in [4.69, 9.17) is 5.26 Å². The highest BCUT2D eigenvalue weighted by atomic mass is 19.1. The van der Waals surface area contributed by atoms with Gasteiger partial charge >= 0.3 is 0 Å². The highest BCUT2D eigenvalue weighted by Gasteiger charge is 2.06. The molecule has 0 aromatic heterocycles. The largest absolute Gasteiger partial charge is 0.207 e. The van der Waals surface area contributed by atoms with Crippen LogP contribution in [0, 0.1) is 17.1 Å². The van der Waals surface area contributed by atoms with Gasteiger partial charge in [0.1, 0.15) is 5.82 Å². The van der Waals surface area contributed by atoms with Crippen molar-refractivity contribution in [3.8, 4) is 17.2 Å². The predicted octanol–water partition coefficient (Wildman–Crippen LogP) is 4.68. The summed E-state index contributed by atoms with van der Waals surface area (Å²) in [6.07, 6.45) is 0.109. The van der Waals surface area contributed by atoms with E-state index >= 15 is 0 Å². The fraction of sp³-hybridized carbons (Fsp3) is 0.235. The molecule has 0 spiro atoms. The second kappa shape index (κ2) is 5.67. The monoisotopic (exact) mass is 253 g/mol. The van der Waals surface area contributed by atoms with Crippen LogP contribution in [-0.4, -0.2) is 0 Å². The first-order chi connectivity index (χ1) is 9.11. The minimum absolute atomic E-state index is 0.109. The van der Waals surface area contributed by atoms with E-state index in [1.54, 1.807) is 6.07 Å². The van der Waals surface area contributed by atoms with Crippen LogP contribution in [0.5, 0.6) is 0 Å². The third-order valence-electron chi connectivity index (χ3n) is 3.21. The zero-order valence-electron chi connectivity index (χ0n) is 11.2. The van der Waals surface area contributed by atoms with Crippen LogP contribution in [0.25, 0.3) is 11.1 Å². The number of hydrogen-bond donors (Lipinski definition) is 0. The molecule has 0 heterocycles. The van der Waals surface area contributed by atoms with E-state index in [1.165, 1.54) is 11.6 Å². The van der Waals surface area contributed by atoms with E-state index in [-0.39, 0.29) is 12.2 Å². The molecule has 0 atom stereocenters. The molecule has 0 unspecified atom stereocenters. The maximum absolute atomic E-state index is 13.8. The second-order valence-corrected chi connectivity index (χ2v) is 4.92. The minimum atomic E-state index is -0.311. The van der Waals surface area contributed by atoms with Crippen molar-refractivity contribution >= 4 is 0 Å². The molecule has 0 amide bonds. The zero-order valence-corrected chi connectivity index (χ0v) is 11.2. The van der Waals surface area contributed by atoms with Gasteiger partial charge in [-0.25, -0.2) is 4.39 Å². The van der Waals surface area contributed by atoms with E-state index in [1.807, 2.05) is 24.3 Å². The van der Waals surface area contributed by atoms with Crippen LogP contribution in [0.3, 0.4) is 0 Å². The Morgan fingerprint density at radius 1 is 1.11 bits per heavy atom. The molecule has 0 saturated carbocycles. The molecule has 0 aliphatic heterocycles. The number of nitrogens with zero attached hydrogens (tertiary/aromatic N) is 1. The van der Waals surface area contributed by atoms with Crippen molar-refractivity contribution in [2.75, 3.05) is 0 Å². The molecule has 0 saturated heterocycles. The Morgan fingerprint density at radius 3 is 2.47 bits per heavy atom. The first-order valence-electron chi connectivity index (χ1n) is 6.37. The summed E-state index contributed by atoms with van der Waals surface area (Å²) in [6, 6.07) is 15.2.